The summed E-state index contributed by atoms with van der Waals surface area (Å²) in [5, 5.41) is 7.76. The number of hydrogen-bond donors (Lipinski definition) is 1. The predicted molar refractivity (Wildman–Crippen MR) is 107 cm³/mol. The Hall–Kier alpha value is -2.70. The van der Waals surface area contributed by atoms with Gasteiger partial charge in [-0.3, -0.25) is 14.8 Å². The lowest BCUT2D eigenvalue weighted by Crippen LogP contribution is -2.48. The molecule has 0 radical (unpaired) electrons. The van der Waals surface area contributed by atoms with E-state index in [1.54, 1.807) is 30.3 Å². The molecule has 0 bridgehead atoms. The van der Waals surface area contributed by atoms with Crippen molar-refractivity contribution in [2.45, 2.75) is 6.54 Å². The first-order valence-corrected chi connectivity index (χ1v) is 9.54. The highest BCUT2D eigenvalue weighted by Crippen LogP contribution is 2.21. The molecule has 0 unspecified atom stereocenters. The largest absolute Gasteiger partial charge is 0.335 e. The van der Waals surface area contributed by atoms with Crippen molar-refractivity contribution < 1.29 is 9.18 Å². The molecule has 0 atom stereocenters. The van der Waals surface area contributed by atoms with E-state index in [2.05, 4.69) is 15.1 Å². The number of rotatable bonds is 4. The van der Waals surface area contributed by atoms with Gasteiger partial charge in [-0.1, -0.05) is 35.9 Å². The number of benzene rings is 2. The van der Waals surface area contributed by atoms with Gasteiger partial charge in [-0.05, 0) is 35.9 Å². The minimum atomic E-state index is -0.225. The molecule has 2 heterocycles. The van der Waals surface area contributed by atoms with Crippen LogP contribution in [0.5, 0.6) is 0 Å². The van der Waals surface area contributed by atoms with E-state index >= 15 is 0 Å². The summed E-state index contributed by atoms with van der Waals surface area (Å²) in [4.78, 5) is 16.9. The molecule has 0 saturated carbocycles. The third-order valence-corrected chi connectivity index (χ3v) is 5.18. The maximum Gasteiger partial charge on any atom is 0.271 e. The van der Waals surface area contributed by atoms with Crippen LogP contribution in [0, 0.1) is 5.82 Å². The molecule has 4 rings (SSSR count). The van der Waals surface area contributed by atoms with E-state index < -0.39 is 0 Å². The van der Waals surface area contributed by atoms with Crippen LogP contribution in [0.1, 0.15) is 16.1 Å². The molecular formula is C21H20ClFN4O. The zero-order valence-electron chi connectivity index (χ0n) is 15.2. The summed E-state index contributed by atoms with van der Waals surface area (Å²) < 4.78 is 13.0. The number of carbonyl (C=O) groups excluding carboxylic acids is 1. The molecule has 3 aromatic rings. The molecule has 1 aliphatic heterocycles. The van der Waals surface area contributed by atoms with E-state index in [1.165, 1.54) is 12.1 Å². The van der Waals surface area contributed by atoms with Gasteiger partial charge in [0.15, 0.2) is 0 Å². The molecule has 0 spiro atoms. The number of halogens is 2. The quantitative estimate of drug-likeness (QED) is 0.726. The molecule has 1 aliphatic rings. The zero-order chi connectivity index (χ0) is 19.5. The van der Waals surface area contributed by atoms with E-state index in [4.69, 9.17) is 11.6 Å². The van der Waals surface area contributed by atoms with Crippen LogP contribution in [0.3, 0.4) is 0 Å². The second kappa shape index (κ2) is 8.12. The molecule has 28 heavy (non-hydrogen) atoms. The summed E-state index contributed by atoms with van der Waals surface area (Å²) in [6.07, 6.45) is 0. The number of amides is 1. The third-order valence-electron chi connectivity index (χ3n) is 4.93. The van der Waals surface area contributed by atoms with Gasteiger partial charge in [-0.15, -0.1) is 0 Å². The average Bonchev–Trinajstić information content (AvgIpc) is 3.20. The van der Waals surface area contributed by atoms with Crippen molar-refractivity contribution in [3.8, 4) is 11.3 Å². The minimum absolute atomic E-state index is 0.0471. The maximum absolute atomic E-state index is 13.0. The molecule has 1 N–H and O–H groups in total. The van der Waals surface area contributed by atoms with Gasteiger partial charge in [0.2, 0.25) is 0 Å². The monoisotopic (exact) mass is 398 g/mol. The van der Waals surface area contributed by atoms with Gasteiger partial charge in [0.05, 0.1) is 5.69 Å². The molecule has 1 fully saturated rings. The Morgan fingerprint density at radius 2 is 1.71 bits per heavy atom. The lowest BCUT2D eigenvalue weighted by Gasteiger charge is -2.34. The Labute approximate surface area is 167 Å². The van der Waals surface area contributed by atoms with Crippen molar-refractivity contribution in [3.05, 3.63) is 76.7 Å². The Kier molecular flexibility index (Phi) is 5.41. The van der Waals surface area contributed by atoms with Crippen LogP contribution >= 0.6 is 11.6 Å². The zero-order valence-corrected chi connectivity index (χ0v) is 16.0. The standard InChI is InChI=1S/C21H20ClFN4O/c22-17-5-3-16(4-6-17)19-13-20(25-24-19)21(28)27-11-9-26(10-12-27)14-15-1-7-18(23)8-2-15/h1-8,13H,9-12,14H2,(H,24,25). The first-order valence-electron chi connectivity index (χ1n) is 9.16. The number of nitrogens with zero attached hydrogens (tertiary/aromatic N) is 3. The van der Waals surface area contributed by atoms with E-state index in [-0.39, 0.29) is 11.7 Å². The molecule has 2 aromatic carbocycles. The van der Waals surface area contributed by atoms with Crippen molar-refractivity contribution in [1.82, 2.24) is 20.0 Å². The summed E-state index contributed by atoms with van der Waals surface area (Å²) in [5.41, 5.74) is 3.18. The van der Waals surface area contributed by atoms with E-state index in [9.17, 15) is 9.18 Å². The summed E-state index contributed by atoms with van der Waals surface area (Å²) in [6.45, 7) is 3.61. The maximum atomic E-state index is 13.0. The first-order chi connectivity index (χ1) is 13.6. The predicted octanol–water partition coefficient (Wildman–Crippen LogP) is 3.83. The second-order valence-corrected chi connectivity index (χ2v) is 7.31. The summed E-state index contributed by atoms with van der Waals surface area (Å²) in [5.74, 6) is -0.272. The molecule has 7 heteroatoms. The van der Waals surface area contributed by atoms with Crippen molar-refractivity contribution in [1.29, 1.82) is 0 Å². The summed E-state index contributed by atoms with van der Waals surface area (Å²) in [7, 11) is 0. The highest BCUT2D eigenvalue weighted by molar-refractivity contribution is 6.30. The van der Waals surface area contributed by atoms with Crippen LogP contribution in [-0.2, 0) is 6.54 Å². The summed E-state index contributed by atoms with van der Waals surface area (Å²) >= 11 is 5.92. The van der Waals surface area contributed by atoms with Gasteiger partial charge in [0, 0.05) is 43.3 Å². The Balaban J connectivity index is 1.35. The normalized spacial score (nSPS) is 15.0. The number of carbonyl (C=O) groups is 1. The molecule has 0 aliphatic carbocycles. The second-order valence-electron chi connectivity index (χ2n) is 6.87. The minimum Gasteiger partial charge on any atom is -0.335 e. The topological polar surface area (TPSA) is 52.2 Å². The first kappa shape index (κ1) is 18.7. The fourth-order valence-electron chi connectivity index (χ4n) is 3.33. The van der Waals surface area contributed by atoms with Gasteiger partial charge >= 0.3 is 0 Å². The summed E-state index contributed by atoms with van der Waals surface area (Å²) in [6, 6.07) is 15.7. The fraction of sp³-hybridized carbons (Fsp3) is 0.238. The number of H-pyrrole nitrogens is 1. The number of hydrogen-bond acceptors (Lipinski definition) is 3. The van der Waals surface area contributed by atoms with Crippen molar-refractivity contribution >= 4 is 17.5 Å². The lowest BCUT2D eigenvalue weighted by molar-refractivity contribution is 0.0622. The highest BCUT2D eigenvalue weighted by Gasteiger charge is 2.23. The third kappa shape index (κ3) is 4.24. The van der Waals surface area contributed by atoms with Crippen molar-refractivity contribution in [2.24, 2.45) is 0 Å². The van der Waals surface area contributed by atoms with E-state index in [0.717, 1.165) is 36.5 Å². The fourth-order valence-corrected chi connectivity index (χ4v) is 3.45. The molecular weight excluding hydrogens is 379 g/mol. The molecule has 1 amide bonds. The number of aromatic amines is 1. The molecule has 1 saturated heterocycles. The lowest BCUT2D eigenvalue weighted by atomic mass is 10.1. The smallest absolute Gasteiger partial charge is 0.271 e. The van der Waals surface area contributed by atoms with Crippen molar-refractivity contribution in [3.63, 3.8) is 0 Å². The molecule has 5 nitrogen and oxygen atoms in total. The van der Waals surface area contributed by atoms with Gasteiger partial charge in [-0.25, -0.2) is 4.39 Å². The SMILES string of the molecule is O=C(c1cc(-c2ccc(Cl)cc2)n[nH]1)N1CCN(Cc2ccc(F)cc2)CC1. The number of nitrogens with one attached hydrogen (secondary N) is 1. The molecule has 1 aromatic heterocycles. The van der Waals surface area contributed by atoms with Gasteiger partial charge < -0.3 is 4.90 Å². The highest BCUT2D eigenvalue weighted by atomic mass is 35.5. The van der Waals surface area contributed by atoms with Crippen LogP contribution in [0.4, 0.5) is 4.39 Å². The Bertz CT molecular complexity index is 947. The van der Waals surface area contributed by atoms with Gasteiger partial charge in [0.25, 0.3) is 5.91 Å². The van der Waals surface area contributed by atoms with E-state index in [1.807, 2.05) is 17.0 Å². The van der Waals surface area contributed by atoms with Crippen LogP contribution in [-0.4, -0.2) is 52.1 Å². The van der Waals surface area contributed by atoms with Crippen LogP contribution in [0.15, 0.2) is 54.6 Å². The van der Waals surface area contributed by atoms with E-state index in [0.29, 0.717) is 23.8 Å². The van der Waals surface area contributed by atoms with Gasteiger partial charge in [0.1, 0.15) is 11.5 Å². The van der Waals surface area contributed by atoms with Crippen LogP contribution in [0.25, 0.3) is 11.3 Å². The van der Waals surface area contributed by atoms with Crippen LogP contribution < -0.4 is 0 Å². The van der Waals surface area contributed by atoms with Crippen molar-refractivity contribution in [2.75, 3.05) is 26.2 Å². The average molecular weight is 399 g/mol. The van der Waals surface area contributed by atoms with Gasteiger partial charge in [-0.2, -0.15) is 5.10 Å². The Morgan fingerprint density at radius 1 is 1.04 bits per heavy atom. The number of piperazine rings is 1. The van der Waals surface area contributed by atoms with Crippen LogP contribution in [0.2, 0.25) is 5.02 Å². The molecule has 144 valence electrons. The Morgan fingerprint density at radius 3 is 2.39 bits per heavy atom. The number of aromatic nitrogens is 2.